The van der Waals surface area contributed by atoms with Gasteiger partial charge in [-0.1, -0.05) is 18.2 Å². The summed E-state index contributed by atoms with van der Waals surface area (Å²) in [5.41, 5.74) is 7.73. The average molecular weight is 386 g/mol. The normalized spacial score (nSPS) is 10.4. The fourth-order valence-electron chi connectivity index (χ4n) is 2.69. The Hall–Kier alpha value is -2.80. The van der Waals surface area contributed by atoms with E-state index in [-0.39, 0.29) is 18.1 Å². The molecule has 2 rings (SSSR count). The molecule has 142 valence electrons. The molecule has 0 radical (unpaired) electrons. The fraction of sp³-hybridized carbons (Fsp3) is 0.250. The van der Waals surface area contributed by atoms with Crippen molar-refractivity contribution in [3.8, 4) is 0 Å². The lowest BCUT2D eigenvalue weighted by atomic mass is 10.1. The van der Waals surface area contributed by atoms with Gasteiger partial charge in [-0.3, -0.25) is 9.59 Å². The van der Waals surface area contributed by atoms with Crippen molar-refractivity contribution in [3.63, 3.8) is 0 Å². The molecule has 6 nitrogen and oxygen atoms in total. The summed E-state index contributed by atoms with van der Waals surface area (Å²) in [6, 6.07) is 8.52. The van der Waals surface area contributed by atoms with Crippen molar-refractivity contribution in [2.45, 2.75) is 25.3 Å². The highest BCUT2D eigenvalue weighted by molar-refractivity contribution is 8.00. The number of thioether (sulfide) groups is 1. The van der Waals surface area contributed by atoms with Crippen LogP contribution in [-0.2, 0) is 16.1 Å². The molecule has 0 atom stereocenters. The molecular weight excluding hydrogens is 364 g/mol. The van der Waals surface area contributed by atoms with Crippen LogP contribution in [0.3, 0.4) is 0 Å². The number of allylic oxidation sites excluding steroid dienone is 1. The molecule has 2 aromatic rings. The zero-order valence-electron chi connectivity index (χ0n) is 15.4. The zero-order chi connectivity index (χ0) is 20.0. The number of amides is 1. The Bertz CT molecular complexity index is 886. The van der Waals surface area contributed by atoms with Gasteiger partial charge in [0.2, 0.25) is 11.7 Å². The van der Waals surface area contributed by atoms with Crippen LogP contribution in [0.25, 0.3) is 0 Å². The van der Waals surface area contributed by atoms with Gasteiger partial charge in [0.15, 0.2) is 6.61 Å². The standard InChI is InChI=1S/C20H22N2O4S/c1-4-9-22-13(2)10-16(14(22)3)17(23)11-26-20(25)15-7-5-6-8-18(15)27-12-19(21)24/h4-8,10H,1,9,11-12H2,2-3H3,(H2,21,24). The molecule has 0 spiro atoms. The number of nitrogens with zero attached hydrogens (tertiary/aromatic N) is 1. The molecule has 1 amide bonds. The molecule has 0 unspecified atom stereocenters. The number of aryl methyl sites for hydroxylation is 1. The molecular formula is C20H22N2O4S. The minimum Gasteiger partial charge on any atom is -0.454 e. The van der Waals surface area contributed by atoms with E-state index in [9.17, 15) is 14.4 Å². The summed E-state index contributed by atoms with van der Waals surface area (Å²) in [5, 5.41) is 0. The molecule has 0 saturated carbocycles. The van der Waals surface area contributed by atoms with E-state index in [1.807, 2.05) is 18.4 Å². The number of primary amides is 1. The summed E-state index contributed by atoms with van der Waals surface area (Å²) < 4.78 is 7.18. The van der Waals surface area contributed by atoms with Crippen molar-refractivity contribution in [2.24, 2.45) is 5.73 Å². The number of hydrogen-bond donors (Lipinski definition) is 1. The number of nitrogens with two attached hydrogens (primary N) is 1. The largest absolute Gasteiger partial charge is 0.454 e. The number of esters is 1. The average Bonchev–Trinajstić information content (AvgIpc) is 2.93. The molecule has 2 N–H and O–H groups in total. The zero-order valence-corrected chi connectivity index (χ0v) is 16.2. The SMILES string of the molecule is C=CCn1c(C)cc(C(=O)COC(=O)c2ccccc2SCC(N)=O)c1C. The molecule has 0 aliphatic heterocycles. The maximum Gasteiger partial charge on any atom is 0.339 e. The van der Waals surface area contributed by atoms with Crippen LogP contribution < -0.4 is 5.73 Å². The second-order valence-corrected chi connectivity index (χ2v) is 6.95. The van der Waals surface area contributed by atoms with Crippen LogP contribution in [0.4, 0.5) is 0 Å². The van der Waals surface area contributed by atoms with Crippen LogP contribution in [0.1, 0.15) is 32.1 Å². The van der Waals surface area contributed by atoms with E-state index < -0.39 is 11.9 Å². The quantitative estimate of drug-likeness (QED) is 0.310. The second-order valence-electron chi connectivity index (χ2n) is 5.93. The first-order valence-corrected chi connectivity index (χ1v) is 9.31. The molecule has 27 heavy (non-hydrogen) atoms. The Labute approximate surface area is 162 Å². The van der Waals surface area contributed by atoms with Gasteiger partial charge in [-0.05, 0) is 32.0 Å². The van der Waals surface area contributed by atoms with Gasteiger partial charge < -0.3 is 15.0 Å². The smallest absolute Gasteiger partial charge is 0.339 e. The number of rotatable bonds is 9. The van der Waals surface area contributed by atoms with Gasteiger partial charge in [-0.25, -0.2) is 4.79 Å². The molecule has 0 bridgehead atoms. The van der Waals surface area contributed by atoms with E-state index in [2.05, 4.69) is 6.58 Å². The Balaban J connectivity index is 2.08. The number of hydrogen-bond acceptors (Lipinski definition) is 5. The fourth-order valence-corrected chi connectivity index (χ4v) is 3.47. The number of ether oxygens (including phenoxy) is 1. The third-order valence-electron chi connectivity index (χ3n) is 4.00. The Morgan fingerprint density at radius 3 is 2.59 bits per heavy atom. The number of ketones is 1. The molecule has 1 aromatic heterocycles. The number of Topliss-reactive ketones (excluding diaryl/α,β-unsaturated/α-hetero) is 1. The van der Waals surface area contributed by atoms with Gasteiger partial charge in [0.05, 0.1) is 11.3 Å². The highest BCUT2D eigenvalue weighted by Gasteiger charge is 2.19. The van der Waals surface area contributed by atoms with Gasteiger partial charge in [-0.15, -0.1) is 18.3 Å². The van der Waals surface area contributed by atoms with Crippen molar-refractivity contribution in [3.05, 3.63) is 65.5 Å². The maximum absolute atomic E-state index is 12.5. The van der Waals surface area contributed by atoms with Crippen molar-refractivity contribution >= 4 is 29.4 Å². The topological polar surface area (TPSA) is 91.4 Å². The predicted molar refractivity (Wildman–Crippen MR) is 105 cm³/mol. The molecule has 0 saturated heterocycles. The van der Waals surface area contributed by atoms with Crippen LogP contribution in [0.2, 0.25) is 0 Å². The first-order chi connectivity index (χ1) is 12.8. The summed E-state index contributed by atoms with van der Waals surface area (Å²) in [6.07, 6.45) is 1.76. The third kappa shape index (κ3) is 5.10. The van der Waals surface area contributed by atoms with Crippen molar-refractivity contribution < 1.29 is 19.1 Å². The van der Waals surface area contributed by atoms with Gasteiger partial charge in [-0.2, -0.15) is 0 Å². The first-order valence-electron chi connectivity index (χ1n) is 8.33. The summed E-state index contributed by atoms with van der Waals surface area (Å²) in [5.74, 6) is -1.31. The van der Waals surface area contributed by atoms with Gasteiger partial charge in [0.1, 0.15) is 0 Å². The second kappa shape index (κ2) is 9.23. The molecule has 7 heteroatoms. The van der Waals surface area contributed by atoms with Gasteiger partial charge in [0, 0.05) is 28.4 Å². The van der Waals surface area contributed by atoms with Crippen LogP contribution >= 0.6 is 11.8 Å². The van der Waals surface area contributed by atoms with E-state index in [0.29, 0.717) is 22.6 Å². The van der Waals surface area contributed by atoms with Crippen LogP contribution in [0, 0.1) is 13.8 Å². The lowest BCUT2D eigenvalue weighted by Crippen LogP contribution is -2.16. The maximum atomic E-state index is 12.5. The minimum atomic E-state index is -0.615. The molecule has 0 aliphatic carbocycles. The van der Waals surface area contributed by atoms with Crippen molar-refractivity contribution in [2.75, 3.05) is 12.4 Å². The minimum absolute atomic E-state index is 0.0541. The van der Waals surface area contributed by atoms with Crippen molar-refractivity contribution in [1.29, 1.82) is 0 Å². The lowest BCUT2D eigenvalue weighted by Gasteiger charge is -2.09. The van der Waals surface area contributed by atoms with Crippen LogP contribution in [0.15, 0.2) is 47.9 Å². The Kier molecular flexibility index (Phi) is 7.01. The first kappa shape index (κ1) is 20.5. The summed E-state index contributed by atoms with van der Waals surface area (Å²) in [6.45, 7) is 7.72. The molecule has 1 heterocycles. The summed E-state index contributed by atoms with van der Waals surface area (Å²) >= 11 is 1.15. The van der Waals surface area contributed by atoms with Crippen molar-refractivity contribution in [1.82, 2.24) is 4.57 Å². The summed E-state index contributed by atoms with van der Waals surface area (Å²) in [4.78, 5) is 36.4. The van der Waals surface area contributed by atoms with Crippen LogP contribution in [0.5, 0.6) is 0 Å². The van der Waals surface area contributed by atoms with E-state index in [1.54, 1.807) is 36.4 Å². The highest BCUT2D eigenvalue weighted by atomic mass is 32.2. The molecule has 0 aliphatic rings. The number of benzene rings is 1. The van der Waals surface area contributed by atoms with Gasteiger partial charge >= 0.3 is 5.97 Å². The van der Waals surface area contributed by atoms with Crippen LogP contribution in [-0.4, -0.2) is 34.6 Å². The van der Waals surface area contributed by atoms with E-state index in [0.717, 1.165) is 23.1 Å². The Morgan fingerprint density at radius 1 is 1.22 bits per heavy atom. The van der Waals surface area contributed by atoms with E-state index in [1.165, 1.54) is 0 Å². The lowest BCUT2D eigenvalue weighted by molar-refractivity contribution is -0.115. The predicted octanol–water partition coefficient (Wildman–Crippen LogP) is 2.91. The number of carbonyl (C=O) groups is 3. The van der Waals surface area contributed by atoms with E-state index in [4.69, 9.17) is 10.5 Å². The Morgan fingerprint density at radius 2 is 1.93 bits per heavy atom. The highest BCUT2D eigenvalue weighted by Crippen LogP contribution is 2.23. The molecule has 0 fully saturated rings. The summed E-state index contributed by atoms with van der Waals surface area (Å²) in [7, 11) is 0. The number of carbonyl (C=O) groups excluding carboxylic acids is 3. The van der Waals surface area contributed by atoms with Gasteiger partial charge in [0.25, 0.3) is 0 Å². The third-order valence-corrected chi connectivity index (χ3v) is 5.09. The van der Waals surface area contributed by atoms with E-state index >= 15 is 0 Å². The molecule has 1 aromatic carbocycles. The monoisotopic (exact) mass is 386 g/mol. The number of aromatic nitrogens is 1.